The molecule has 200 valence electrons. The number of hydrazine groups is 1. The van der Waals surface area contributed by atoms with Gasteiger partial charge in [-0.15, -0.1) is 28.8 Å². The molecule has 7 rings (SSSR count). The summed E-state index contributed by atoms with van der Waals surface area (Å²) in [5.41, 5.74) is 3.02. The van der Waals surface area contributed by atoms with Crippen LogP contribution in [0.2, 0.25) is 5.02 Å². The smallest absolute Gasteiger partial charge is 0.428 e. The van der Waals surface area contributed by atoms with Gasteiger partial charge in [-0.2, -0.15) is 0 Å². The summed E-state index contributed by atoms with van der Waals surface area (Å²) >= 11 is 6.01. The second-order valence-electron chi connectivity index (χ2n) is 10.8. The molecule has 37 heavy (non-hydrogen) atoms. The van der Waals surface area contributed by atoms with Gasteiger partial charge in [0.15, 0.2) is 4.87 Å². The highest BCUT2D eigenvalue weighted by molar-refractivity contribution is 6.30. The molecule has 13 heteroatoms. The highest BCUT2D eigenvalue weighted by Crippen LogP contribution is 2.54. The number of halogens is 4. The van der Waals surface area contributed by atoms with Crippen LogP contribution in [0.15, 0.2) is 22.6 Å². The molecule has 2 N–H and O–H groups in total. The Kier molecular flexibility index (Phi) is 5.92. The maximum atomic E-state index is 13.1. The predicted octanol–water partition coefficient (Wildman–Crippen LogP) is 4.98. The van der Waals surface area contributed by atoms with Crippen molar-refractivity contribution in [3.63, 3.8) is 0 Å². The van der Waals surface area contributed by atoms with Crippen molar-refractivity contribution in [2.75, 3.05) is 0 Å². The SMILES string of the molecule is O=[N+](NC12CCC(c3nnc(C4CC(OC(F)(F)F)C4)o3)(CC1)CC2)[C@H]1C[C@@H](O)c2cc(Cl)ccc2O1. The van der Waals surface area contributed by atoms with E-state index in [1.165, 1.54) is 0 Å². The second-order valence-corrected chi connectivity index (χ2v) is 11.2. The van der Waals surface area contributed by atoms with Crippen molar-refractivity contribution in [2.24, 2.45) is 0 Å². The molecule has 9 nitrogen and oxygen atoms in total. The fourth-order valence-electron chi connectivity index (χ4n) is 6.19. The largest absolute Gasteiger partial charge is 0.522 e. The zero-order valence-electron chi connectivity index (χ0n) is 19.8. The highest BCUT2D eigenvalue weighted by Gasteiger charge is 2.56. The molecule has 2 aromatic rings. The number of aliphatic hydroxyl groups is 1. The molecule has 2 bridgehead atoms. The lowest BCUT2D eigenvalue weighted by Crippen LogP contribution is -2.60. The molecule has 2 heterocycles. The van der Waals surface area contributed by atoms with Gasteiger partial charge in [-0.3, -0.25) is 4.74 Å². The molecular weight excluding hydrogens is 517 g/mol. The van der Waals surface area contributed by atoms with Crippen LogP contribution in [-0.2, 0) is 10.2 Å². The molecule has 0 unspecified atom stereocenters. The van der Waals surface area contributed by atoms with Crippen molar-refractivity contribution >= 4 is 11.6 Å². The first-order valence-corrected chi connectivity index (χ1v) is 12.9. The molecule has 1 aliphatic heterocycles. The van der Waals surface area contributed by atoms with Crippen molar-refractivity contribution in [3.8, 4) is 5.75 Å². The van der Waals surface area contributed by atoms with Gasteiger partial charge >= 0.3 is 12.6 Å². The van der Waals surface area contributed by atoms with Crippen molar-refractivity contribution in [2.45, 2.75) is 99.5 Å². The number of nitrogens with one attached hydrogen (secondary N) is 1. The van der Waals surface area contributed by atoms with E-state index in [-0.39, 0.29) is 30.6 Å². The van der Waals surface area contributed by atoms with Crippen LogP contribution in [0.25, 0.3) is 0 Å². The van der Waals surface area contributed by atoms with Crippen LogP contribution in [0, 0.1) is 4.91 Å². The van der Waals surface area contributed by atoms with Crippen molar-refractivity contribution in [1.29, 1.82) is 0 Å². The summed E-state index contributed by atoms with van der Waals surface area (Å²) in [6, 6.07) is 4.95. The fraction of sp³-hybridized carbons (Fsp3) is 0.667. The number of ether oxygens (including phenoxy) is 2. The van der Waals surface area contributed by atoms with E-state index >= 15 is 0 Å². The normalized spacial score (nSPS) is 34.8. The van der Waals surface area contributed by atoms with Crippen LogP contribution < -0.4 is 10.2 Å². The summed E-state index contributed by atoms with van der Waals surface area (Å²) < 4.78 is 53.0. The lowest BCUT2D eigenvalue weighted by Gasteiger charge is -2.49. The predicted molar refractivity (Wildman–Crippen MR) is 122 cm³/mol. The van der Waals surface area contributed by atoms with Crippen LogP contribution in [-0.4, -0.2) is 44.4 Å². The number of aliphatic hydroxyl groups excluding tert-OH is 1. The van der Waals surface area contributed by atoms with E-state index in [1.807, 2.05) is 0 Å². The lowest BCUT2D eigenvalue weighted by atomic mass is 9.57. The van der Waals surface area contributed by atoms with Gasteiger partial charge in [0.2, 0.25) is 11.8 Å². The molecule has 4 aliphatic carbocycles. The van der Waals surface area contributed by atoms with Crippen LogP contribution in [0.3, 0.4) is 0 Å². The summed E-state index contributed by atoms with van der Waals surface area (Å²) in [4.78, 5) is 13.8. The van der Waals surface area contributed by atoms with Crippen molar-refractivity contribution in [1.82, 2.24) is 15.6 Å². The number of rotatable bonds is 6. The minimum atomic E-state index is -4.64. The third-order valence-corrected chi connectivity index (χ3v) is 8.75. The number of alkyl halides is 3. The maximum Gasteiger partial charge on any atom is 0.522 e. The van der Waals surface area contributed by atoms with Crippen molar-refractivity contribution in [3.05, 3.63) is 45.5 Å². The molecular formula is C24H27ClF3N4O5+. The zero-order valence-corrected chi connectivity index (χ0v) is 20.6. The summed E-state index contributed by atoms with van der Waals surface area (Å²) in [6.07, 6.45) is -2.33. The van der Waals surface area contributed by atoms with Crippen LogP contribution in [0.5, 0.6) is 5.75 Å². The maximum absolute atomic E-state index is 13.1. The minimum Gasteiger partial charge on any atom is -0.428 e. The van der Waals surface area contributed by atoms with Crippen LogP contribution >= 0.6 is 11.6 Å². The molecule has 2 atom stereocenters. The third kappa shape index (κ3) is 4.67. The Morgan fingerprint density at radius 3 is 2.49 bits per heavy atom. The van der Waals surface area contributed by atoms with Gasteiger partial charge in [-0.1, -0.05) is 11.6 Å². The number of fused-ring (bicyclic) bond motifs is 4. The van der Waals surface area contributed by atoms with Gasteiger partial charge in [-0.25, -0.2) is 0 Å². The molecule has 4 fully saturated rings. The highest BCUT2D eigenvalue weighted by atomic mass is 35.5. The average molecular weight is 544 g/mol. The van der Waals surface area contributed by atoms with Crippen LogP contribution in [0.1, 0.15) is 87.2 Å². The summed E-state index contributed by atoms with van der Waals surface area (Å²) in [5.74, 6) is 1.12. The second kappa shape index (κ2) is 8.81. The Labute approximate surface area is 215 Å². The molecule has 1 aromatic heterocycles. The quantitative estimate of drug-likeness (QED) is 0.388. The average Bonchev–Trinajstić information content (AvgIpc) is 3.32. The molecule has 0 radical (unpaired) electrons. The standard InChI is InChI=1S/C24H27ClF3N4O5/c25-14-1-2-18-16(11-14)17(33)12-19(35-18)32(34)31-23-6-3-22(4-7-23,5-8-23)21-30-29-20(36-21)13-9-15(10-13)37-24(26,27)28/h1-2,11,13,15,17,19,33H,3-10,12H2,(H,31,34)/q+1/t13?,15?,17-,19-,22?,23?/m1/s1. The van der Waals surface area contributed by atoms with Gasteiger partial charge in [0, 0.05) is 21.9 Å². The third-order valence-electron chi connectivity index (χ3n) is 8.51. The first kappa shape index (κ1) is 24.9. The van der Waals surface area contributed by atoms with E-state index in [4.69, 9.17) is 20.8 Å². The van der Waals surface area contributed by atoms with Gasteiger partial charge in [0.1, 0.15) is 5.75 Å². The molecule has 1 aromatic carbocycles. The summed E-state index contributed by atoms with van der Waals surface area (Å²) in [6.45, 7) is 0. The Hall–Kier alpha value is -2.44. The first-order chi connectivity index (χ1) is 17.5. The van der Waals surface area contributed by atoms with Gasteiger partial charge < -0.3 is 14.3 Å². The van der Waals surface area contributed by atoms with Crippen molar-refractivity contribution < 1.29 is 37.0 Å². The molecule has 4 saturated carbocycles. The summed E-state index contributed by atoms with van der Waals surface area (Å²) in [7, 11) is 0. The fourth-order valence-corrected chi connectivity index (χ4v) is 6.37. The molecule has 0 amide bonds. The van der Waals surface area contributed by atoms with E-state index in [0.29, 0.717) is 28.1 Å². The monoisotopic (exact) mass is 543 g/mol. The minimum absolute atomic E-state index is 0.116. The number of hydrogen-bond acceptors (Lipinski definition) is 7. The Morgan fingerprint density at radius 2 is 1.81 bits per heavy atom. The first-order valence-electron chi connectivity index (χ1n) is 12.5. The number of benzene rings is 1. The van der Waals surface area contributed by atoms with Gasteiger partial charge in [0.25, 0.3) is 0 Å². The van der Waals surface area contributed by atoms with E-state index in [2.05, 4.69) is 20.4 Å². The molecule has 0 spiro atoms. The summed E-state index contributed by atoms with van der Waals surface area (Å²) in [5, 5.41) is 19.4. The van der Waals surface area contributed by atoms with E-state index < -0.39 is 30.3 Å². The number of hydrogen-bond donors (Lipinski definition) is 2. The van der Waals surface area contributed by atoms with E-state index in [0.717, 1.165) is 43.4 Å². The Balaban J connectivity index is 1.06. The van der Waals surface area contributed by atoms with Gasteiger partial charge in [-0.05, 0) is 69.6 Å². The molecule has 0 saturated heterocycles. The Bertz CT molecular complexity index is 1180. The number of nitrogens with zero attached hydrogens (tertiary/aromatic N) is 3. The number of aromatic nitrogens is 2. The lowest BCUT2D eigenvalue weighted by molar-refractivity contribution is -0.685. The van der Waals surface area contributed by atoms with Crippen LogP contribution in [0.4, 0.5) is 13.2 Å². The van der Waals surface area contributed by atoms with Gasteiger partial charge in [0.05, 0.1) is 29.1 Å². The topological polar surface area (TPSA) is 110 Å². The molecule has 5 aliphatic rings. The Morgan fingerprint density at radius 1 is 1.11 bits per heavy atom. The van der Waals surface area contributed by atoms with E-state index in [1.54, 1.807) is 18.2 Å². The number of nitroso groups, excluding NO2 is 1. The zero-order chi connectivity index (χ0) is 26.0. The van der Waals surface area contributed by atoms with E-state index in [9.17, 15) is 23.2 Å².